The molecule has 3 heteroatoms. The maximum atomic E-state index is 11.4. The van der Waals surface area contributed by atoms with Crippen LogP contribution in [0.25, 0.3) is 0 Å². The summed E-state index contributed by atoms with van der Waals surface area (Å²) in [5.41, 5.74) is 7.03. The van der Waals surface area contributed by atoms with Gasteiger partial charge in [-0.2, -0.15) is 0 Å². The Hall–Kier alpha value is -1.35. The lowest BCUT2D eigenvalue weighted by Gasteiger charge is -2.28. The Morgan fingerprint density at radius 1 is 1.20 bits per heavy atom. The number of benzene rings is 1. The summed E-state index contributed by atoms with van der Waals surface area (Å²) in [5, 5.41) is 3.49. The molecule has 0 heterocycles. The van der Waals surface area contributed by atoms with Crippen molar-refractivity contribution >= 4 is 5.91 Å². The monoisotopic (exact) mass is 274 g/mol. The van der Waals surface area contributed by atoms with Crippen molar-refractivity contribution < 1.29 is 4.79 Å². The first-order valence-corrected chi connectivity index (χ1v) is 7.79. The van der Waals surface area contributed by atoms with Crippen LogP contribution in [0.4, 0.5) is 0 Å². The van der Waals surface area contributed by atoms with Gasteiger partial charge in [-0.15, -0.1) is 0 Å². The van der Waals surface area contributed by atoms with Crippen LogP contribution in [0.5, 0.6) is 0 Å². The molecule has 0 bridgehead atoms. The Morgan fingerprint density at radius 3 is 2.50 bits per heavy atom. The summed E-state index contributed by atoms with van der Waals surface area (Å²) in [6.45, 7) is 4.07. The lowest BCUT2D eigenvalue weighted by molar-refractivity contribution is 0.0999. The molecule has 1 aromatic rings. The first-order valence-electron chi connectivity index (χ1n) is 7.79. The van der Waals surface area contributed by atoms with Gasteiger partial charge in [-0.3, -0.25) is 4.79 Å². The van der Waals surface area contributed by atoms with E-state index in [1.54, 1.807) is 6.07 Å². The van der Waals surface area contributed by atoms with E-state index in [0.717, 1.165) is 30.5 Å². The van der Waals surface area contributed by atoms with Crippen molar-refractivity contribution in [3.8, 4) is 0 Å². The van der Waals surface area contributed by atoms with E-state index in [-0.39, 0.29) is 5.91 Å². The summed E-state index contributed by atoms with van der Waals surface area (Å²) in [6, 6.07) is 7.58. The van der Waals surface area contributed by atoms with E-state index in [1.165, 1.54) is 32.1 Å². The molecule has 3 nitrogen and oxygen atoms in total. The van der Waals surface area contributed by atoms with Gasteiger partial charge in [0.2, 0.25) is 5.91 Å². The molecule has 0 spiro atoms. The maximum absolute atomic E-state index is 11.4. The van der Waals surface area contributed by atoms with Crippen molar-refractivity contribution in [2.75, 3.05) is 6.54 Å². The first kappa shape index (κ1) is 15.0. The number of carbonyl (C=O) groups excluding carboxylic acids is 1. The third-order valence-electron chi connectivity index (χ3n) is 4.57. The quantitative estimate of drug-likeness (QED) is 0.837. The van der Waals surface area contributed by atoms with Crippen LogP contribution in [0, 0.1) is 11.8 Å². The molecule has 1 amide bonds. The molecule has 20 heavy (non-hydrogen) atoms. The summed E-state index contributed by atoms with van der Waals surface area (Å²) in [7, 11) is 0. The van der Waals surface area contributed by atoms with Gasteiger partial charge in [0, 0.05) is 12.1 Å². The number of nitrogens with one attached hydrogen (secondary N) is 1. The van der Waals surface area contributed by atoms with Crippen LogP contribution in [-0.2, 0) is 6.54 Å². The predicted molar refractivity (Wildman–Crippen MR) is 82.4 cm³/mol. The van der Waals surface area contributed by atoms with Crippen molar-refractivity contribution in [1.82, 2.24) is 5.32 Å². The molecule has 0 saturated heterocycles. The fraction of sp³-hybridized carbons (Fsp3) is 0.588. The van der Waals surface area contributed by atoms with Crippen LogP contribution in [0.15, 0.2) is 24.3 Å². The van der Waals surface area contributed by atoms with E-state index in [0.29, 0.717) is 5.56 Å². The van der Waals surface area contributed by atoms with E-state index >= 15 is 0 Å². The van der Waals surface area contributed by atoms with E-state index in [1.807, 2.05) is 18.2 Å². The minimum Gasteiger partial charge on any atom is -0.366 e. The van der Waals surface area contributed by atoms with Gasteiger partial charge < -0.3 is 11.1 Å². The molecule has 1 aromatic carbocycles. The van der Waals surface area contributed by atoms with Crippen LogP contribution in [-0.4, -0.2) is 12.5 Å². The molecular formula is C17H26N2O. The molecule has 0 aromatic heterocycles. The Bertz CT molecular complexity index is 436. The summed E-state index contributed by atoms with van der Waals surface area (Å²) in [5.74, 6) is 1.39. The molecular weight excluding hydrogens is 248 g/mol. The minimum atomic E-state index is -0.342. The molecule has 1 aliphatic carbocycles. The second-order valence-electron chi connectivity index (χ2n) is 5.95. The summed E-state index contributed by atoms with van der Waals surface area (Å²) in [4.78, 5) is 11.4. The molecule has 0 aliphatic heterocycles. The van der Waals surface area contributed by atoms with Crippen LogP contribution >= 0.6 is 0 Å². The second kappa shape index (κ2) is 7.44. The lowest BCUT2D eigenvalue weighted by Crippen LogP contribution is -2.27. The highest BCUT2D eigenvalue weighted by Gasteiger charge is 2.19. The van der Waals surface area contributed by atoms with Gasteiger partial charge in [-0.25, -0.2) is 0 Å². The van der Waals surface area contributed by atoms with Crippen LogP contribution in [0.3, 0.4) is 0 Å². The van der Waals surface area contributed by atoms with Gasteiger partial charge in [-0.05, 0) is 42.9 Å². The summed E-state index contributed by atoms with van der Waals surface area (Å²) < 4.78 is 0. The number of primary amides is 1. The smallest absolute Gasteiger partial charge is 0.249 e. The van der Waals surface area contributed by atoms with Crippen molar-refractivity contribution in [3.05, 3.63) is 35.4 Å². The molecule has 1 saturated carbocycles. The van der Waals surface area contributed by atoms with E-state index < -0.39 is 0 Å². The van der Waals surface area contributed by atoms with Crippen LogP contribution in [0.1, 0.15) is 54.9 Å². The third-order valence-corrected chi connectivity index (χ3v) is 4.57. The van der Waals surface area contributed by atoms with E-state index in [4.69, 9.17) is 5.73 Å². The summed E-state index contributed by atoms with van der Waals surface area (Å²) in [6.07, 6.45) is 6.75. The highest BCUT2D eigenvalue weighted by atomic mass is 16.1. The molecule has 110 valence electrons. The fourth-order valence-corrected chi connectivity index (χ4v) is 3.17. The second-order valence-corrected chi connectivity index (χ2v) is 5.95. The van der Waals surface area contributed by atoms with Gasteiger partial charge in [0.05, 0.1) is 0 Å². The number of hydrogen-bond acceptors (Lipinski definition) is 2. The highest BCUT2D eigenvalue weighted by Crippen LogP contribution is 2.30. The maximum Gasteiger partial charge on any atom is 0.249 e. The Kier molecular flexibility index (Phi) is 5.60. The molecule has 0 atom stereocenters. The number of hydrogen-bond donors (Lipinski definition) is 2. The van der Waals surface area contributed by atoms with E-state index in [2.05, 4.69) is 12.2 Å². The number of amides is 1. The number of nitrogens with two attached hydrogens (primary N) is 1. The van der Waals surface area contributed by atoms with Gasteiger partial charge >= 0.3 is 0 Å². The highest BCUT2D eigenvalue weighted by molar-refractivity contribution is 5.94. The first-order chi connectivity index (χ1) is 9.70. The molecule has 1 aliphatic rings. The van der Waals surface area contributed by atoms with E-state index in [9.17, 15) is 4.79 Å². The Morgan fingerprint density at radius 2 is 1.85 bits per heavy atom. The van der Waals surface area contributed by atoms with Gasteiger partial charge in [-0.1, -0.05) is 44.4 Å². The van der Waals surface area contributed by atoms with Gasteiger partial charge in [0.1, 0.15) is 0 Å². The van der Waals surface area contributed by atoms with Crippen molar-refractivity contribution in [2.45, 2.75) is 45.6 Å². The molecule has 1 fully saturated rings. The topological polar surface area (TPSA) is 55.1 Å². The number of rotatable bonds is 6. The zero-order chi connectivity index (χ0) is 14.4. The zero-order valence-electron chi connectivity index (χ0n) is 12.4. The van der Waals surface area contributed by atoms with Crippen molar-refractivity contribution in [2.24, 2.45) is 17.6 Å². The molecule has 2 rings (SSSR count). The predicted octanol–water partition coefficient (Wildman–Crippen LogP) is 3.09. The average Bonchev–Trinajstić information content (AvgIpc) is 2.48. The standard InChI is InChI=1S/C17H26N2O/c1-2-13-7-9-14(10-8-13)11-19-12-15-5-3-4-6-16(15)17(18)20/h3-6,13-14,19H,2,7-12H2,1H3,(H2,18,20). The Labute approximate surface area is 121 Å². The minimum absolute atomic E-state index is 0.342. The lowest BCUT2D eigenvalue weighted by atomic mass is 9.81. The normalized spacial score (nSPS) is 22.6. The zero-order valence-corrected chi connectivity index (χ0v) is 12.4. The fourth-order valence-electron chi connectivity index (χ4n) is 3.17. The van der Waals surface area contributed by atoms with Crippen LogP contribution < -0.4 is 11.1 Å². The molecule has 0 unspecified atom stereocenters. The number of carbonyl (C=O) groups is 1. The van der Waals surface area contributed by atoms with Crippen LogP contribution in [0.2, 0.25) is 0 Å². The SMILES string of the molecule is CCC1CCC(CNCc2ccccc2C(N)=O)CC1. The molecule has 0 radical (unpaired) electrons. The summed E-state index contributed by atoms with van der Waals surface area (Å²) >= 11 is 0. The van der Waals surface area contributed by atoms with Crippen molar-refractivity contribution in [3.63, 3.8) is 0 Å². The Balaban J connectivity index is 1.78. The largest absolute Gasteiger partial charge is 0.366 e. The van der Waals surface area contributed by atoms with Gasteiger partial charge in [0.25, 0.3) is 0 Å². The van der Waals surface area contributed by atoms with Crippen molar-refractivity contribution in [1.29, 1.82) is 0 Å². The molecule has 3 N–H and O–H groups in total. The third kappa shape index (κ3) is 4.07. The average molecular weight is 274 g/mol. The van der Waals surface area contributed by atoms with Gasteiger partial charge in [0.15, 0.2) is 0 Å².